The van der Waals surface area contributed by atoms with Crippen molar-refractivity contribution < 1.29 is 9.53 Å². The van der Waals surface area contributed by atoms with E-state index in [1.165, 1.54) is 0 Å². The molecule has 1 saturated heterocycles. The predicted octanol–water partition coefficient (Wildman–Crippen LogP) is 1.19. The van der Waals surface area contributed by atoms with Crippen LogP contribution >= 0.6 is 0 Å². The highest BCUT2D eigenvalue weighted by molar-refractivity contribution is 5.81. The minimum absolute atomic E-state index is 0.0215. The lowest BCUT2D eigenvalue weighted by Crippen LogP contribution is -2.37. The largest absolute Gasteiger partial charge is 0.368 e. The van der Waals surface area contributed by atoms with Gasteiger partial charge in [0.25, 0.3) is 0 Å². The third-order valence-electron chi connectivity index (χ3n) is 3.44. The Morgan fingerprint density at radius 3 is 2.78 bits per heavy atom. The van der Waals surface area contributed by atoms with E-state index in [0.717, 1.165) is 17.5 Å². The standard InChI is InChI=1S/C14H20N2O2/c1-10-6-7-18-13(10)14(17)16-9-12-5-3-2-4-11(12)8-15/h2-5,10,13H,6-9,15H2,1H3,(H,16,17). The van der Waals surface area contributed by atoms with Gasteiger partial charge in [0.15, 0.2) is 0 Å². The van der Waals surface area contributed by atoms with Gasteiger partial charge >= 0.3 is 0 Å². The molecule has 0 aromatic heterocycles. The number of carbonyl (C=O) groups is 1. The first kappa shape index (κ1) is 13.1. The Hall–Kier alpha value is -1.39. The smallest absolute Gasteiger partial charge is 0.249 e. The number of hydrogen-bond acceptors (Lipinski definition) is 3. The van der Waals surface area contributed by atoms with E-state index in [-0.39, 0.29) is 12.0 Å². The molecule has 0 aliphatic carbocycles. The molecular formula is C14H20N2O2. The van der Waals surface area contributed by atoms with Crippen LogP contribution in [0.15, 0.2) is 24.3 Å². The molecule has 0 bridgehead atoms. The summed E-state index contributed by atoms with van der Waals surface area (Å²) in [4.78, 5) is 12.0. The van der Waals surface area contributed by atoms with Gasteiger partial charge in [-0.05, 0) is 23.5 Å². The van der Waals surface area contributed by atoms with Gasteiger partial charge in [0, 0.05) is 19.7 Å². The van der Waals surface area contributed by atoms with Crippen molar-refractivity contribution in [2.75, 3.05) is 6.61 Å². The molecule has 1 aromatic rings. The lowest BCUT2D eigenvalue weighted by Gasteiger charge is -2.15. The second-order valence-corrected chi connectivity index (χ2v) is 4.75. The second kappa shape index (κ2) is 5.98. The topological polar surface area (TPSA) is 64.3 Å². The summed E-state index contributed by atoms with van der Waals surface area (Å²) in [7, 11) is 0. The Bertz CT molecular complexity index is 420. The zero-order valence-electron chi connectivity index (χ0n) is 10.7. The molecule has 0 spiro atoms. The molecule has 4 nitrogen and oxygen atoms in total. The van der Waals surface area contributed by atoms with Gasteiger partial charge in [0.1, 0.15) is 6.10 Å². The van der Waals surface area contributed by atoms with E-state index >= 15 is 0 Å². The minimum atomic E-state index is -0.296. The molecule has 4 heteroatoms. The number of nitrogens with two attached hydrogens (primary N) is 1. The Labute approximate surface area is 108 Å². The molecule has 3 N–H and O–H groups in total. The summed E-state index contributed by atoms with van der Waals surface area (Å²) in [5.41, 5.74) is 7.80. The highest BCUT2D eigenvalue weighted by atomic mass is 16.5. The number of rotatable bonds is 4. The van der Waals surface area contributed by atoms with E-state index in [4.69, 9.17) is 10.5 Å². The van der Waals surface area contributed by atoms with E-state index in [1.807, 2.05) is 31.2 Å². The predicted molar refractivity (Wildman–Crippen MR) is 69.7 cm³/mol. The molecule has 98 valence electrons. The Morgan fingerprint density at radius 1 is 1.44 bits per heavy atom. The van der Waals surface area contributed by atoms with Crippen molar-refractivity contribution in [1.82, 2.24) is 5.32 Å². The maximum absolute atomic E-state index is 12.0. The molecule has 1 aliphatic rings. The Morgan fingerprint density at radius 2 is 2.17 bits per heavy atom. The molecule has 1 aliphatic heterocycles. The van der Waals surface area contributed by atoms with Crippen LogP contribution in [0.3, 0.4) is 0 Å². The fourth-order valence-corrected chi connectivity index (χ4v) is 2.24. The molecule has 1 aromatic carbocycles. The molecular weight excluding hydrogens is 228 g/mol. The van der Waals surface area contributed by atoms with Crippen molar-refractivity contribution in [2.24, 2.45) is 11.7 Å². The van der Waals surface area contributed by atoms with Crippen molar-refractivity contribution >= 4 is 5.91 Å². The van der Waals surface area contributed by atoms with E-state index in [2.05, 4.69) is 5.32 Å². The molecule has 1 fully saturated rings. The van der Waals surface area contributed by atoms with Gasteiger partial charge < -0.3 is 15.8 Å². The number of ether oxygens (including phenoxy) is 1. The van der Waals surface area contributed by atoms with E-state index in [1.54, 1.807) is 0 Å². The zero-order valence-corrected chi connectivity index (χ0v) is 10.7. The van der Waals surface area contributed by atoms with Crippen LogP contribution < -0.4 is 11.1 Å². The lowest BCUT2D eigenvalue weighted by molar-refractivity contribution is -0.131. The monoisotopic (exact) mass is 248 g/mol. The van der Waals surface area contributed by atoms with Crippen LogP contribution in [0, 0.1) is 5.92 Å². The quantitative estimate of drug-likeness (QED) is 0.841. The molecule has 0 saturated carbocycles. The summed E-state index contributed by atoms with van der Waals surface area (Å²) in [6.45, 7) is 3.73. The summed E-state index contributed by atoms with van der Waals surface area (Å²) in [5.74, 6) is 0.279. The van der Waals surface area contributed by atoms with Crippen molar-refractivity contribution in [3.05, 3.63) is 35.4 Å². The highest BCUT2D eigenvalue weighted by Gasteiger charge is 2.30. The normalized spacial score (nSPS) is 23.0. The fourth-order valence-electron chi connectivity index (χ4n) is 2.24. The van der Waals surface area contributed by atoms with Crippen LogP contribution in [0.5, 0.6) is 0 Å². The minimum Gasteiger partial charge on any atom is -0.368 e. The summed E-state index contributed by atoms with van der Waals surface area (Å²) in [5, 5.41) is 2.93. The fraction of sp³-hybridized carbons (Fsp3) is 0.500. The summed E-state index contributed by atoms with van der Waals surface area (Å²) in [6.07, 6.45) is 0.660. The number of hydrogen-bond donors (Lipinski definition) is 2. The molecule has 2 unspecified atom stereocenters. The van der Waals surface area contributed by atoms with Crippen LogP contribution in [0.1, 0.15) is 24.5 Å². The van der Waals surface area contributed by atoms with Gasteiger partial charge in [0.2, 0.25) is 5.91 Å². The summed E-state index contributed by atoms with van der Waals surface area (Å²) >= 11 is 0. The Kier molecular flexibility index (Phi) is 4.33. The van der Waals surface area contributed by atoms with E-state index in [0.29, 0.717) is 25.6 Å². The number of benzene rings is 1. The molecule has 1 amide bonds. The van der Waals surface area contributed by atoms with Crippen LogP contribution in [0.2, 0.25) is 0 Å². The van der Waals surface area contributed by atoms with Gasteiger partial charge in [-0.25, -0.2) is 0 Å². The number of amides is 1. The van der Waals surface area contributed by atoms with Crippen LogP contribution in [-0.2, 0) is 22.6 Å². The lowest BCUT2D eigenvalue weighted by atomic mass is 10.0. The number of carbonyl (C=O) groups excluding carboxylic acids is 1. The maximum Gasteiger partial charge on any atom is 0.249 e. The average Bonchev–Trinajstić information content (AvgIpc) is 2.82. The SMILES string of the molecule is CC1CCOC1C(=O)NCc1ccccc1CN. The molecule has 18 heavy (non-hydrogen) atoms. The van der Waals surface area contributed by atoms with Crippen LogP contribution in [0.4, 0.5) is 0 Å². The summed E-state index contributed by atoms with van der Waals surface area (Å²) in [6, 6.07) is 7.88. The zero-order chi connectivity index (χ0) is 13.0. The van der Waals surface area contributed by atoms with Crippen molar-refractivity contribution in [2.45, 2.75) is 32.5 Å². The van der Waals surface area contributed by atoms with Crippen molar-refractivity contribution in [1.29, 1.82) is 0 Å². The first-order valence-corrected chi connectivity index (χ1v) is 6.38. The molecule has 2 rings (SSSR count). The second-order valence-electron chi connectivity index (χ2n) is 4.75. The molecule has 1 heterocycles. The van der Waals surface area contributed by atoms with Gasteiger partial charge in [-0.15, -0.1) is 0 Å². The first-order chi connectivity index (χ1) is 8.72. The van der Waals surface area contributed by atoms with Crippen LogP contribution in [0.25, 0.3) is 0 Å². The van der Waals surface area contributed by atoms with E-state index in [9.17, 15) is 4.79 Å². The highest BCUT2D eigenvalue weighted by Crippen LogP contribution is 2.20. The van der Waals surface area contributed by atoms with Crippen molar-refractivity contribution in [3.63, 3.8) is 0 Å². The average molecular weight is 248 g/mol. The van der Waals surface area contributed by atoms with Crippen molar-refractivity contribution in [3.8, 4) is 0 Å². The number of nitrogens with one attached hydrogen (secondary N) is 1. The third-order valence-corrected chi connectivity index (χ3v) is 3.44. The Balaban J connectivity index is 1.93. The van der Waals surface area contributed by atoms with Gasteiger partial charge in [-0.2, -0.15) is 0 Å². The van der Waals surface area contributed by atoms with Crippen LogP contribution in [-0.4, -0.2) is 18.6 Å². The summed E-state index contributed by atoms with van der Waals surface area (Å²) < 4.78 is 5.44. The molecule has 0 radical (unpaired) electrons. The first-order valence-electron chi connectivity index (χ1n) is 6.38. The maximum atomic E-state index is 12.0. The van der Waals surface area contributed by atoms with Gasteiger partial charge in [-0.1, -0.05) is 31.2 Å². The molecule has 2 atom stereocenters. The van der Waals surface area contributed by atoms with Gasteiger partial charge in [0.05, 0.1) is 0 Å². The van der Waals surface area contributed by atoms with E-state index < -0.39 is 0 Å². The van der Waals surface area contributed by atoms with Gasteiger partial charge in [-0.3, -0.25) is 4.79 Å². The third kappa shape index (κ3) is 2.89.